The zero-order chi connectivity index (χ0) is 56.5. The van der Waals surface area contributed by atoms with E-state index < -0.39 is 49.5 Å². The van der Waals surface area contributed by atoms with Crippen molar-refractivity contribution in [3.05, 3.63) is 72.9 Å². The van der Waals surface area contributed by atoms with Crippen molar-refractivity contribution in [2.24, 2.45) is 0 Å². The van der Waals surface area contributed by atoms with Gasteiger partial charge in [0, 0.05) is 6.42 Å². The summed E-state index contributed by atoms with van der Waals surface area (Å²) in [6, 6.07) is -0.823. The minimum atomic E-state index is -1.57. The monoisotopic (exact) mass is 1100 g/mol. The average Bonchev–Trinajstić information content (AvgIpc) is 3.45. The molecule has 78 heavy (non-hydrogen) atoms. The van der Waals surface area contributed by atoms with E-state index >= 15 is 0 Å². The molecule has 0 aromatic rings. The molecule has 1 saturated heterocycles. The van der Waals surface area contributed by atoms with Crippen LogP contribution in [0, 0.1) is 0 Å². The van der Waals surface area contributed by atoms with Crippen molar-refractivity contribution < 1.29 is 39.8 Å². The van der Waals surface area contributed by atoms with Gasteiger partial charge < -0.3 is 40.3 Å². The van der Waals surface area contributed by atoms with Gasteiger partial charge in [0.05, 0.1) is 25.4 Å². The molecule has 0 aromatic carbocycles. The van der Waals surface area contributed by atoms with Crippen LogP contribution in [-0.2, 0) is 14.3 Å². The number of hydrogen-bond acceptors (Lipinski definition) is 8. The highest BCUT2D eigenvalue weighted by atomic mass is 16.7. The maximum absolute atomic E-state index is 13.1. The van der Waals surface area contributed by atoms with Gasteiger partial charge in [-0.25, -0.2) is 0 Å². The molecule has 0 radical (unpaired) electrons. The summed E-state index contributed by atoms with van der Waals surface area (Å²) in [7, 11) is 0. The van der Waals surface area contributed by atoms with Crippen LogP contribution < -0.4 is 5.32 Å². The van der Waals surface area contributed by atoms with Gasteiger partial charge in [-0.05, 0) is 70.6 Å². The molecule has 6 N–H and O–H groups in total. The number of rotatable bonds is 57. The van der Waals surface area contributed by atoms with Gasteiger partial charge in [0.15, 0.2) is 6.29 Å². The van der Waals surface area contributed by atoms with Crippen LogP contribution in [0.4, 0.5) is 0 Å². The molecule has 1 heterocycles. The number of carbonyl (C=O) groups is 1. The highest BCUT2D eigenvalue weighted by Crippen LogP contribution is 2.23. The second-order valence-corrected chi connectivity index (χ2v) is 22.9. The summed E-state index contributed by atoms with van der Waals surface area (Å²) in [6.45, 7) is 3.68. The van der Waals surface area contributed by atoms with Crippen LogP contribution in [-0.4, -0.2) is 87.5 Å². The third-order valence-corrected chi connectivity index (χ3v) is 15.5. The number of amides is 1. The molecule has 1 rings (SSSR count). The second kappa shape index (κ2) is 57.8. The molecule has 0 aliphatic carbocycles. The summed E-state index contributed by atoms with van der Waals surface area (Å²) < 4.78 is 11.3. The van der Waals surface area contributed by atoms with Gasteiger partial charge in [-0.15, -0.1) is 0 Å². The predicted octanol–water partition coefficient (Wildman–Crippen LogP) is 17.6. The first-order chi connectivity index (χ1) is 38.3. The fourth-order valence-electron chi connectivity index (χ4n) is 10.3. The van der Waals surface area contributed by atoms with E-state index in [0.717, 1.165) is 64.2 Å². The average molecular weight is 1100 g/mol. The van der Waals surface area contributed by atoms with Crippen molar-refractivity contribution in [2.75, 3.05) is 13.2 Å². The topological polar surface area (TPSA) is 149 Å². The van der Waals surface area contributed by atoms with Crippen LogP contribution in [0.15, 0.2) is 72.9 Å². The van der Waals surface area contributed by atoms with Gasteiger partial charge in [-0.2, -0.15) is 0 Å². The first kappa shape index (κ1) is 73.6. The Morgan fingerprint density at radius 1 is 0.449 bits per heavy atom. The molecule has 7 unspecified atom stereocenters. The van der Waals surface area contributed by atoms with Crippen LogP contribution in [0.25, 0.3) is 0 Å². The molecule has 1 aliphatic rings. The lowest BCUT2D eigenvalue weighted by atomic mass is 9.99. The largest absolute Gasteiger partial charge is 0.394 e. The first-order valence-electron chi connectivity index (χ1n) is 33.2. The van der Waals surface area contributed by atoms with E-state index in [0.29, 0.717) is 6.42 Å². The van der Waals surface area contributed by atoms with E-state index in [1.807, 2.05) is 6.08 Å². The molecular formula is C69H125NO8. The second-order valence-electron chi connectivity index (χ2n) is 22.9. The molecule has 9 heteroatoms. The standard InChI is InChI=1S/C69H125NO8/c1-3-5-7-9-11-13-15-17-19-21-23-24-25-26-27-28-29-30-31-32-33-34-35-36-37-38-39-40-41-43-45-47-49-51-53-55-57-59-65(73)70-62(61-77-69-68(76)67(75)66(74)64(60-71)78-69)63(72)58-56-54-52-50-48-46-44-42-22-20-18-16-14-12-10-8-6-4-2/h5,7,11,13,17,19,23-24,48,50,56,58,62-64,66-69,71-72,74-76H,3-4,6,8-10,12,14-16,18,20-22,25-47,49,51-55,57,59-61H2,1-2H3,(H,70,73)/b7-5-,13-11-,19-17-,24-23-,50-48+,58-56+. The Morgan fingerprint density at radius 2 is 0.808 bits per heavy atom. The summed E-state index contributed by atoms with van der Waals surface area (Å²) in [5.74, 6) is -0.183. The third-order valence-electron chi connectivity index (χ3n) is 15.5. The van der Waals surface area contributed by atoms with Crippen LogP contribution >= 0.6 is 0 Å². The van der Waals surface area contributed by atoms with E-state index in [4.69, 9.17) is 9.47 Å². The number of aliphatic hydroxyl groups is 5. The molecule has 0 aromatic heterocycles. The molecule has 7 atom stereocenters. The molecule has 1 fully saturated rings. The molecule has 1 aliphatic heterocycles. The minimum Gasteiger partial charge on any atom is -0.394 e. The molecule has 454 valence electrons. The lowest BCUT2D eigenvalue weighted by Gasteiger charge is -2.40. The van der Waals surface area contributed by atoms with Crippen molar-refractivity contribution in [1.29, 1.82) is 0 Å². The number of carbonyl (C=O) groups excluding carboxylic acids is 1. The van der Waals surface area contributed by atoms with E-state index in [2.05, 4.69) is 79.9 Å². The van der Waals surface area contributed by atoms with Gasteiger partial charge >= 0.3 is 0 Å². The first-order valence-corrected chi connectivity index (χ1v) is 33.2. The molecule has 9 nitrogen and oxygen atoms in total. The molecule has 1 amide bonds. The van der Waals surface area contributed by atoms with Gasteiger partial charge in [0.1, 0.15) is 24.4 Å². The van der Waals surface area contributed by atoms with E-state index in [1.165, 1.54) is 218 Å². The van der Waals surface area contributed by atoms with Crippen molar-refractivity contribution in [3.63, 3.8) is 0 Å². The molecular weight excluding hydrogens is 971 g/mol. The van der Waals surface area contributed by atoms with Gasteiger partial charge in [0.25, 0.3) is 0 Å². The number of hydrogen-bond donors (Lipinski definition) is 6. The maximum Gasteiger partial charge on any atom is 0.220 e. The zero-order valence-corrected chi connectivity index (χ0v) is 50.7. The summed E-state index contributed by atoms with van der Waals surface area (Å²) in [4.78, 5) is 13.1. The van der Waals surface area contributed by atoms with Crippen LogP contribution in [0.5, 0.6) is 0 Å². The van der Waals surface area contributed by atoms with Gasteiger partial charge in [-0.3, -0.25) is 4.79 Å². The Kier molecular flexibility index (Phi) is 54.6. The van der Waals surface area contributed by atoms with Crippen LogP contribution in [0.3, 0.4) is 0 Å². The Hall–Kier alpha value is -2.37. The van der Waals surface area contributed by atoms with Crippen LogP contribution in [0.2, 0.25) is 0 Å². The maximum atomic E-state index is 13.1. The SMILES string of the molecule is CC/C=C\C/C=C\C/C=C\C/C=C\CCCCCCCCCCCCCCCCCCCCCCCCCCC(=O)NC(COC1OC(CO)C(O)C(O)C1O)C(O)/C=C/CC/C=C/CCCCCCCCCCCCCC. The number of aliphatic hydroxyl groups excluding tert-OH is 5. The van der Waals surface area contributed by atoms with E-state index in [1.54, 1.807) is 6.08 Å². The molecule has 0 saturated carbocycles. The summed E-state index contributed by atoms with van der Waals surface area (Å²) in [5.41, 5.74) is 0. The molecule has 0 bridgehead atoms. The lowest BCUT2D eigenvalue weighted by Crippen LogP contribution is -2.60. The number of nitrogens with one attached hydrogen (secondary N) is 1. The highest BCUT2D eigenvalue weighted by molar-refractivity contribution is 5.76. The highest BCUT2D eigenvalue weighted by Gasteiger charge is 2.44. The Labute approximate surface area is 480 Å². The zero-order valence-electron chi connectivity index (χ0n) is 50.7. The normalized spacial score (nSPS) is 19.1. The van der Waals surface area contributed by atoms with Crippen molar-refractivity contribution in [3.8, 4) is 0 Å². The number of ether oxygens (including phenoxy) is 2. The van der Waals surface area contributed by atoms with Gasteiger partial charge in [-0.1, -0.05) is 299 Å². The Morgan fingerprint density at radius 3 is 1.23 bits per heavy atom. The fraction of sp³-hybridized carbons (Fsp3) is 0.812. The summed E-state index contributed by atoms with van der Waals surface area (Å²) in [6.07, 6.45) is 74.4. The van der Waals surface area contributed by atoms with Crippen molar-refractivity contribution in [1.82, 2.24) is 5.32 Å². The smallest absolute Gasteiger partial charge is 0.220 e. The lowest BCUT2D eigenvalue weighted by molar-refractivity contribution is -0.302. The summed E-state index contributed by atoms with van der Waals surface area (Å²) in [5, 5.41) is 54.6. The van der Waals surface area contributed by atoms with E-state index in [9.17, 15) is 30.3 Å². The quantitative estimate of drug-likeness (QED) is 0.0261. The van der Waals surface area contributed by atoms with Crippen molar-refractivity contribution >= 4 is 5.91 Å². The number of allylic oxidation sites excluding steroid dienone is 11. The third kappa shape index (κ3) is 46.3. The molecule has 0 spiro atoms. The minimum absolute atomic E-state index is 0.183. The summed E-state index contributed by atoms with van der Waals surface area (Å²) >= 11 is 0. The van der Waals surface area contributed by atoms with Gasteiger partial charge in [0.2, 0.25) is 5.91 Å². The fourth-order valence-corrected chi connectivity index (χ4v) is 10.3. The Bertz CT molecular complexity index is 1460. The van der Waals surface area contributed by atoms with Crippen LogP contribution in [0.1, 0.15) is 303 Å². The Balaban J connectivity index is 2.09. The number of unbranched alkanes of at least 4 members (excludes halogenated alkanes) is 37. The van der Waals surface area contributed by atoms with E-state index in [-0.39, 0.29) is 12.5 Å². The predicted molar refractivity (Wildman–Crippen MR) is 332 cm³/mol. The van der Waals surface area contributed by atoms with Crippen molar-refractivity contribution in [2.45, 2.75) is 346 Å².